The smallest absolute Gasteiger partial charge is 0.245 e. The number of hydrazone groups is 1. The van der Waals surface area contributed by atoms with Gasteiger partial charge < -0.3 is 9.32 Å². The number of hydrogen-bond donors (Lipinski definition) is 1. The van der Waals surface area contributed by atoms with Gasteiger partial charge in [0.05, 0.1) is 12.6 Å². The van der Waals surface area contributed by atoms with Crippen molar-refractivity contribution >= 4 is 29.3 Å². The Bertz CT molecular complexity index is 558. The lowest BCUT2D eigenvalue weighted by molar-refractivity contribution is -0.120. The second-order valence-corrected chi connectivity index (χ2v) is 5.15. The third kappa shape index (κ3) is 3.96. The van der Waals surface area contributed by atoms with Crippen molar-refractivity contribution in [2.75, 3.05) is 19.0 Å². The molecule has 5 nitrogen and oxygen atoms in total. The molecule has 19 heavy (non-hydrogen) atoms. The minimum Gasteiger partial charge on any atom is -0.440 e. The lowest BCUT2D eigenvalue weighted by atomic mass is 10.3. The zero-order valence-electron chi connectivity index (χ0n) is 10.8. The minimum atomic E-state index is -0.141. The number of hydrogen-bond acceptors (Lipinski definition) is 5. The largest absolute Gasteiger partial charge is 0.440 e. The average Bonchev–Trinajstić information content (AvgIpc) is 3.00. The summed E-state index contributed by atoms with van der Waals surface area (Å²) < 4.78 is 5.46. The van der Waals surface area contributed by atoms with Gasteiger partial charge in [0.2, 0.25) is 5.91 Å². The molecule has 1 N–H and O–H groups in total. The number of amides is 1. The molecule has 0 aliphatic carbocycles. The fourth-order valence-corrected chi connectivity index (χ4v) is 2.13. The average molecular weight is 277 g/mol. The highest BCUT2D eigenvalue weighted by Crippen LogP contribution is 2.14. The molecule has 100 valence electrons. The Kier molecular flexibility index (Phi) is 4.35. The molecular formula is C13H15N3O2S. The summed E-state index contributed by atoms with van der Waals surface area (Å²) in [4.78, 5) is 14.4. The zero-order valence-corrected chi connectivity index (χ0v) is 11.6. The second-order valence-electron chi connectivity index (χ2n) is 4.12. The van der Waals surface area contributed by atoms with E-state index < -0.39 is 0 Å². The SMILES string of the molecule is CN(C)c1ccc(/C=N\NC(=O)Cc2cccs2)o1. The van der Waals surface area contributed by atoms with Crippen molar-refractivity contribution in [2.24, 2.45) is 5.10 Å². The monoisotopic (exact) mass is 277 g/mol. The van der Waals surface area contributed by atoms with E-state index in [1.165, 1.54) is 6.21 Å². The first-order valence-corrected chi connectivity index (χ1v) is 6.64. The predicted octanol–water partition coefficient (Wildman–Crippen LogP) is 2.10. The van der Waals surface area contributed by atoms with Crippen LogP contribution in [0.4, 0.5) is 5.88 Å². The van der Waals surface area contributed by atoms with Gasteiger partial charge in [-0.25, -0.2) is 5.43 Å². The molecule has 0 saturated carbocycles. The molecule has 1 amide bonds. The summed E-state index contributed by atoms with van der Waals surface area (Å²) in [6, 6.07) is 7.48. The van der Waals surface area contributed by atoms with Crippen molar-refractivity contribution < 1.29 is 9.21 Å². The Morgan fingerprint density at radius 2 is 2.32 bits per heavy atom. The Morgan fingerprint density at radius 3 is 2.95 bits per heavy atom. The first-order chi connectivity index (χ1) is 9.15. The quantitative estimate of drug-likeness (QED) is 0.672. The summed E-state index contributed by atoms with van der Waals surface area (Å²) in [5.41, 5.74) is 2.47. The standard InChI is InChI=1S/C13H15N3O2S/c1-16(2)13-6-5-10(18-13)9-14-15-12(17)8-11-4-3-7-19-11/h3-7,9H,8H2,1-2H3,(H,15,17)/b14-9-. The van der Waals surface area contributed by atoms with Crippen LogP contribution >= 0.6 is 11.3 Å². The van der Waals surface area contributed by atoms with E-state index in [2.05, 4.69) is 10.5 Å². The van der Waals surface area contributed by atoms with Crippen LogP contribution in [0.15, 0.2) is 39.2 Å². The van der Waals surface area contributed by atoms with Gasteiger partial charge in [0, 0.05) is 25.0 Å². The van der Waals surface area contributed by atoms with E-state index in [1.807, 2.05) is 42.6 Å². The number of nitrogens with one attached hydrogen (secondary N) is 1. The van der Waals surface area contributed by atoms with Crippen LogP contribution in [-0.2, 0) is 11.2 Å². The minimum absolute atomic E-state index is 0.141. The van der Waals surface area contributed by atoms with Gasteiger partial charge in [-0.2, -0.15) is 5.10 Å². The first kappa shape index (κ1) is 13.4. The Labute approximate surface area is 115 Å². The Balaban J connectivity index is 1.83. The van der Waals surface area contributed by atoms with E-state index in [1.54, 1.807) is 17.4 Å². The van der Waals surface area contributed by atoms with Crippen LogP contribution < -0.4 is 10.3 Å². The van der Waals surface area contributed by atoms with Gasteiger partial charge in [0.1, 0.15) is 5.76 Å². The summed E-state index contributed by atoms with van der Waals surface area (Å²) in [6.45, 7) is 0. The van der Waals surface area contributed by atoms with Gasteiger partial charge in [-0.1, -0.05) is 6.07 Å². The number of furan rings is 1. The van der Waals surface area contributed by atoms with Crippen LogP contribution in [0.2, 0.25) is 0 Å². The molecule has 0 unspecified atom stereocenters. The molecule has 0 fully saturated rings. The lowest BCUT2D eigenvalue weighted by Gasteiger charge is -2.05. The van der Waals surface area contributed by atoms with Gasteiger partial charge in [-0.3, -0.25) is 4.79 Å². The molecule has 2 heterocycles. The van der Waals surface area contributed by atoms with Crippen LogP contribution in [0.3, 0.4) is 0 Å². The maximum atomic E-state index is 11.6. The summed E-state index contributed by atoms with van der Waals surface area (Å²) in [6.07, 6.45) is 1.83. The second kappa shape index (κ2) is 6.19. The van der Waals surface area contributed by atoms with Crippen LogP contribution in [-0.4, -0.2) is 26.2 Å². The van der Waals surface area contributed by atoms with E-state index >= 15 is 0 Å². The fourth-order valence-electron chi connectivity index (χ4n) is 1.43. The van der Waals surface area contributed by atoms with Crippen molar-refractivity contribution in [1.82, 2.24) is 5.43 Å². The van der Waals surface area contributed by atoms with E-state index in [0.717, 1.165) is 10.8 Å². The van der Waals surface area contributed by atoms with Gasteiger partial charge in [-0.05, 0) is 17.5 Å². The zero-order chi connectivity index (χ0) is 13.7. The molecule has 0 bridgehead atoms. The maximum Gasteiger partial charge on any atom is 0.245 e. The molecule has 2 aromatic rings. The number of thiophene rings is 1. The lowest BCUT2D eigenvalue weighted by Crippen LogP contribution is -2.19. The Hall–Kier alpha value is -2.08. The van der Waals surface area contributed by atoms with Gasteiger partial charge in [-0.15, -0.1) is 11.3 Å². The highest BCUT2D eigenvalue weighted by atomic mass is 32.1. The van der Waals surface area contributed by atoms with Crippen LogP contribution in [0.25, 0.3) is 0 Å². The third-order valence-electron chi connectivity index (χ3n) is 2.35. The fraction of sp³-hybridized carbons (Fsp3) is 0.231. The van der Waals surface area contributed by atoms with Gasteiger partial charge in [0.15, 0.2) is 5.88 Å². The normalized spacial score (nSPS) is 10.8. The maximum absolute atomic E-state index is 11.6. The van der Waals surface area contributed by atoms with E-state index in [-0.39, 0.29) is 5.91 Å². The molecule has 6 heteroatoms. The molecule has 0 spiro atoms. The van der Waals surface area contributed by atoms with Crippen LogP contribution in [0.1, 0.15) is 10.6 Å². The highest BCUT2D eigenvalue weighted by molar-refractivity contribution is 7.10. The molecule has 0 radical (unpaired) electrons. The van der Waals surface area contributed by atoms with Crippen LogP contribution in [0.5, 0.6) is 0 Å². The van der Waals surface area contributed by atoms with Crippen molar-refractivity contribution in [3.8, 4) is 0 Å². The van der Waals surface area contributed by atoms with Crippen molar-refractivity contribution in [3.05, 3.63) is 40.3 Å². The first-order valence-electron chi connectivity index (χ1n) is 5.76. The van der Waals surface area contributed by atoms with Gasteiger partial charge >= 0.3 is 0 Å². The number of carbonyl (C=O) groups is 1. The van der Waals surface area contributed by atoms with E-state index in [4.69, 9.17) is 4.42 Å². The topological polar surface area (TPSA) is 57.8 Å². The molecule has 2 rings (SSSR count). The molecular weight excluding hydrogens is 262 g/mol. The predicted molar refractivity (Wildman–Crippen MR) is 76.8 cm³/mol. The van der Waals surface area contributed by atoms with E-state index in [0.29, 0.717) is 12.2 Å². The molecule has 0 aromatic carbocycles. The number of rotatable bonds is 5. The number of nitrogens with zero attached hydrogens (tertiary/aromatic N) is 2. The van der Waals surface area contributed by atoms with Crippen molar-refractivity contribution in [2.45, 2.75) is 6.42 Å². The van der Waals surface area contributed by atoms with Crippen LogP contribution in [0, 0.1) is 0 Å². The third-order valence-corrected chi connectivity index (χ3v) is 3.23. The number of anilines is 1. The summed E-state index contributed by atoms with van der Waals surface area (Å²) in [5.74, 6) is 1.20. The molecule has 0 aliphatic rings. The molecule has 2 aromatic heterocycles. The highest BCUT2D eigenvalue weighted by Gasteiger charge is 2.03. The summed E-state index contributed by atoms with van der Waals surface area (Å²) in [5, 5.41) is 5.80. The van der Waals surface area contributed by atoms with Gasteiger partial charge in [0.25, 0.3) is 0 Å². The molecule has 0 aliphatic heterocycles. The van der Waals surface area contributed by atoms with Crippen molar-refractivity contribution in [3.63, 3.8) is 0 Å². The van der Waals surface area contributed by atoms with E-state index in [9.17, 15) is 4.79 Å². The molecule has 0 atom stereocenters. The summed E-state index contributed by atoms with van der Waals surface area (Å²) >= 11 is 1.55. The summed E-state index contributed by atoms with van der Waals surface area (Å²) in [7, 11) is 3.78. The number of carbonyl (C=O) groups excluding carboxylic acids is 1. The Morgan fingerprint density at radius 1 is 1.47 bits per heavy atom. The molecule has 0 saturated heterocycles. The van der Waals surface area contributed by atoms with Crippen molar-refractivity contribution in [1.29, 1.82) is 0 Å².